The standard InChI is InChI=1S/C26H32N2O5/c1-16(2)12-13-23(24(29)27-14-17(3)25(30)31)28-26(32)33-15-22-20-10-6-4-8-18(20)19-9-5-7-11-21(19)22/h4-11,16-17,22-23H,12-15H2,1-3H3,(H,27,29)(H,28,32)(H,30,31). The zero-order chi connectivity index (χ0) is 24.0. The highest BCUT2D eigenvalue weighted by atomic mass is 16.5. The van der Waals surface area contributed by atoms with Gasteiger partial charge >= 0.3 is 12.1 Å². The van der Waals surface area contributed by atoms with Gasteiger partial charge in [0.05, 0.1) is 5.92 Å². The Morgan fingerprint density at radius 3 is 2.06 bits per heavy atom. The van der Waals surface area contributed by atoms with Crippen LogP contribution in [-0.4, -0.2) is 42.3 Å². The minimum absolute atomic E-state index is 0.00127. The van der Waals surface area contributed by atoms with Crippen molar-refractivity contribution in [2.24, 2.45) is 11.8 Å². The number of carbonyl (C=O) groups is 3. The Kier molecular flexibility index (Phi) is 8.09. The molecule has 3 rings (SSSR count). The van der Waals surface area contributed by atoms with Crippen LogP contribution in [-0.2, 0) is 14.3 Å². The topological polar surface area (TPSA) is 105 Å². The van der Waals surface area contributed by atoms with Crippen molar-refractivity contribution in [2.75, 3.05) is 13.2 Å². The van der Waals surface area contributed by atoms with Crippen LogP contribution in [0.4, 0.5) is 4.79 Å². The molecule has 0 aliphatic heterocycles. The number of carboxylic acids is 1. The van der Waals surface area contributed by atoms with Crippen LogP contribution in [0.25, 0.3) is 11.1 Å². The van der Waals surface area contributed by atoms with Gasteiger partial charge in [0, 0.05) is 12.5 Å². The quantitative estimate of drug-likeness (QED) is 0.502. The number of hydrogen-bond acceptors (Lipinski definition) is 4. The van der Waals surface area contributed by atoms with Gasteiger partial charge in [-0.2, -0.15) is 0 Å². The maximum Gasteiger partial charge on any atom is 0.407 e. The fourth-order valence-corrected chi connectivity index (χ4v) is 4.02. The van der Waals surface area contributed by atoms with Crippen molar-refractivity contribution in [3.8, 4) is 11.1 Å². The third-order valence-corrected chi connectivity index (χ3v) is 5.99. The molecule has 7 heteroatoms. The molecule has 2 amide bonds. The van der Waals surface area contributed by atoms with Crippen LogP contribution in [0, 0.1) is 11.8 Å². The number of fused-ring (bicyclic) bond motifs is 3. The van der Waals surface area contributed by atoms with Gasteiger partial charge in [0.2, 0.25) is 5.91 Å². The van der Waals surface area contributed by atoms with E-state index in [1.807, 2.05) is 50.2 Å². The van der Waals surface area contributed by atoms with Crippen molar-refractivity contribution in [1.29, 1.82) is 0 Å². The molecule has 176 valence electrons. The summed E-state index contributed by atoms with van der Waals surface area (Å²) in [5.74, 6) is -1.82. The SMILES string of the molecule is CC(C)CCC(NC(=O)OCC1c2ccccc2-c2ccccc21)C(=O)NCC(C)C(=O)O. The first-order valence-corrected chi connectivity index (χ1v) is 11.4. The Morgan fingerprint density at radius 2 is 1.52 bits per heavy atom. The highest BCUT2D eigenvalue weighted by molar-refractivity contribution is 5.86. The van der Waals surface area contributed by atoms with Gasteiger partial charge in [-0.25, -0.2) is 4.79 Å². The summed E-state index contributed by atoms with van der Waals surface area (Å²) in [5.41, 5.74) is 4.51. The van der Waals surface area contributed by atoms with Crippen LogP contribution in [0.5, 0.6) is 0 Å². The summed E-state index contributed by atoms with van der Waals surface area (Å²) in [6.07, 6.45) is 0.512. The first-order chi connectivity index (χ1) is 15.8. The molecule has 1 aliphatic carbocycles. The molecular formula is C26H32N2O5. The Labute approximate surface area is 194 Å². The monoisotopic (exact) mass is 452 g/mol. The van der Waals surface area contributed by atoms with Crippen molar-refractivity contribution >= 4 is 18.0 Å². The van der Waals surface area contributed by atoms with Crippen LogP contribution in [0.1, 0.15) is 50.7 Å². The van der Waals surface area contributed by atoms with Gasteiger partial charge in [-0.3, -0.25) is 9.59 Å². The maximum absolute atomic E-state index is 12.6. The van der Waals surface area contributed by atoms with Crippen molar-refractivity contribution in [1.82, 2.24) is 10.6 Å². The molecule has 2 atom stereocenters. The number of nitrogens with one attached hydrogen (secondary N) is 2. The molecule has 0 radical (unpaired) electrons. The van der Waals surface area contributed by atoms with Gasteiger partial charge in [-0.05, 0) is 41.0 Å². The summed E-state index contributed by atoms with van der Waals surface area (Å²) in [6.45, 7) is 5.75. The molecule has 0 aromatic heterocycles. The van der Waals surface area contributed by atoms with E-state index < -0.39 is 29.9 Å². The fourth-order valence-electron chi connectivity index (χ4n) is 4.02. The van der Waals surface area contributed by atoms with Gasteiger partial charge in [0.1, 0.15) is 12.6 Å². The average Bonchev–Trinajstić information content (AvgIpc) is 3.12. The summed E-state index contributed by atoms with van der Waals surface area (Å²) < 4.78 is 5.57. The molecule has 0 saturated heterocycles. The predicted octanol–water partition coefficient (Wildman–Crippen LogP) is 4.17. The molecule has 0 fully saturated rings. The molecule has 33 heavy (non-hydrogen) atoms. The summed E-state index contributed by atoms with van der Waals surface area (Å²) in [4.78, 5) is 36.3. The predicted molar refractivity (Wildman–Crippen MR) is 126 cm³/mol. The average molecular weight is 453 g/mol. The van der Waals surface area contributed by atoms with Crippen LogP contribution in [0.15, 0.2) is 48.5 Å². The molecule has 3 N–H and O–H groups in total. The minimum Gasteiger partial charge on any atom is -0.481 e. The fraction of sp³-hybridized carbons (Fsp3) is 0.423. The van der Waals surface area contributed by atoms with Gasteiger partial charge < -0.3 is 20.5 Å². The Balaban J connectivity index is 1.63. The van der Waals surface area contributed by atoms with E-state index >= 15 is 0 Å². The van der Waals surface area contributed by atoms with Crippen LogP contribution >= 0.6 is 0 Å². The molecule has 2 aromatic rings. The van der Waals surface area contributed by atoms with Crippen LogP contribution in [0.2, 0.25) is 0 Å². The summed E-state index contributed by atoms with van der Waals surface area (Å²) in [6, 6.07) is 15.4. The number of hydrogen-bond donors (Lipinski definition) is 3. The molecular weight excluding hydrogens is 420 g/mol. The lowest BCUT2D eigenvalue weighted by atomic mass is 9.98. The summed E-state index contributed by atoms with van der Waals surface area (Å²) in [7, 11) is 0. The second-order valence-electron chi connectivity index (χ2n) is 8.98. The van der Waals surface area contributed by atoms with Gasteiger partial charge in [-0.1, -0.05) is 69.3 Å². The number of carboxylic acid groups (broad SMARTS) is 1. The zero-order valence-corrected chi connectivity index (χ0v) is 19.3. The van der Waals surface area contributed by atoms with E-state index in [4.69, 9.17) is 9.84 Å². The second-order valence-corrected chi connectivity index (χ2v) is 8.98. The third-order valence-electron chi connectivity index (χ3n) is 5.99. The van der Waals surface area contributed by atoms with Gasteiger partial charge in [-0.15, -0.1) is 0 Å². The molecule has 2 aromatic carbocycles. The van der Waals surface area contributed by atoms with E-state index in [2.05, 4.69) is 22.8 Å². The van der Waals surface area contributed by atoms with E-state index in [1.165, 1.54) is 6.92 Å². The van der Waals surface area contributed by atoms with E-state index in [9.17, 15) is 14.4 Å². The van der Waals surface area contributed by atoms with Crippen LogP contribution < -0.4 is 10.6 Å². The van der Waals surface area contributed by atoms with Gasteiger partial charge in [0.15, 0.2) is 0 Å². The number of carbonyl (C=O) groups excluding carboxylic acids is 2. The molecule has 0 bridgehead atoms. The third kappa shape index (κ3) is 6.12. The largest absolute Gasteiger partial charge is 0.481 e. The smallest absolute Gasteiger partial charge is 0.407 e. The number of aliphatic carboxylic acids is 1. The van der Waals surface area contributed by atoms with Crippen molar-refractivity contribution in [2.45, 2.75) is 45.6 Å². The molecule has 0 saturated carbocycles. The summed E-state index contributed by atoms with van der Waals surface area (Å²) in [5, 5.41) is 14.3. The van der Waals surface area contributed by atoms with Crippen molar-refractivity contribution in [3.05, 3.63) is 59.7 Å². The lowest BCUT2D eigenvalue weighted by Gasteiger charge is -2.21. The van der Waals surface area contributed by atoms with E-state index in [1.54, 1.807) is 0 Å². The highest BCUT2D eigenvalue weighted by Crippen LogP contribution is 2.44. The number of amides is 2. The lowest BCUT2D eigenvalue weighted by molar-refractivity contribution is -0.141. The number of rotatable bonds is 10. The maximum atomic E-state index is 12.6. The first-order valence-electron chi connectivity index (χ1n) is 11.4. The van der Waals surface area contributed by atoms with E-state index in [-0.39, 0.29) is 19.1 Å². The lowest BCUT2D eigenvalue weighted by Crippen LogP contribution is -2.48. The zero-order valence-electron chi connectivity index (χ0n) is 19.3. The van der Waals surface area contributed by atoms with Crippen molar-refractivity contribution in [3.63, 3.8) is 0 Å². The molecule has 2 unspecified atom stereocenters. The highest BCUT2D eigenvalue weighted by Gasteiger charge is 2.30. The van der Waals surface area contributed by atoms with Crippen molar-refractivity contribution < 1.29 is 24.2 Å². The minimum atomic E-state index is -0.987. The molecule has 1 aliphatic rings. The van der Waals surface area contributed by atoms with Gasteiger partial charge in [0.25, 0.3) is 0 Å². The van der Waals surface area contributed by atoms with Crippen LogP contribution in [0.3, 0.4) is 0 Å². The Hall–Kier alpha value is -3.35. The van der Waals surface area contributed by atoms with E-state index in [0.29, 0.717) is 12.3 Å². The number of ether oxygens (including phenoxy) is 1. The Morgan fingerprint density at radius 1 is 0.939 bits per heavy atom. The molecule has 0 spiro atoms. The number of benzene rings is 2. The van der Waals surface area contributed by atoms with E-state index in [0.717, 1.165) is 28.7 Å². The number of alkyl carbamates (subject to hydrolysis) is 1. The normalized spacial score (nSPS) is 14.2. The first kappa shape index (κ1) is 24.3. The second kappa shape index (κ2) is 11.0. The Bertz CT molecular complexity index is 958. The summed E-state index contributed by atoms with van der Waals surface area (Å²) >= 11 is 0. The molecule has 0 heterocycles. The molecule has 7 nitrogen and oxygen atoms in total.